The molecule has 0 unspecified atom stereocenters. The maximum absolute atomic E-state index is 5.51. The molecule has 0 bridgehead atoms. The first-order valence-corrected chi connectivity index (χ1v) is 5.00. The molecule has 1 heterocycles. The summed E-state index contributed by atoms with van der Waals surface area (Å²) in [5.74, 6) is 0. The predicted octanol–water partition coefficient (Wildman–Crippen LogP) is -2.62. The van der Waals surface area contributed by atoms with E-state index in [9.17, 15) is 0 Å². The number of rotatable bonds is 6. The SMILES string of the molecule is Cl.Cl.NCCC[N+]1(CCCN)C=CNC1.[Br-]. The summed E-state index contributed by atoms with van der Waals surface area (Å²) < 4.78 is 1.01. The van der Waals surface area contributed by atoms with Crippen molar-refractivity contribution in [3.05, 3.63) is 12.4 Å². The lowest BCUT2D eigenvalue weighted by molar-refractivity contribution is -0.876. The van der Waals surface area contributed by atoms with Crippen LogP contribution in [0.2, 0.25) is 0 Å². The van der Waals surface area contributed by atoms with Crippen molar-refractivity contribution in [2.75, 3.05) is 32.8 Å². The Hall–Kier alpha value is 0.480. The largest absolute Gasteiger partial charge is 1.00 e. The van der Waals surface area contributed by atoms with Crippen LogP contribution in [0.4, 0.5) is 0 Å². The van der Waals surface area contributed by atoms with E-state index in [1.165, 1.54) is 0 Å². The zero-order valence-corrected chi connectivity index (χ0v) is 12.6. The summed E-state index contributed by atoms with van der Waals surface area (Å²) in [5.41, 5.74) is 11.0. The van der Waals surface area contributed by atoms with Gasteiger partial charge in [0.25, 0.3) is 0 Å². The molecule has 1 aliphatic rings. The lowest BCUT2D eigenvalue weighted by atomic mass is 10.3. The van der Waals surface area contributed by atoms with Crippen LogP contribution in [0.1, 0.15) is 12.8 Å². The van der Waals surface area contributed by atoms with Gasteiger partial charge in [-0.05, 0) is 13.1 Å². The zero-order chi connectivity index (χ0) is 9.57. The van der Waals surface area contributed by atoms with E-state index in [-0.39, 0.29) is 41.8 Å². The van der Waals surface area contributed by atoms with Gasteiger partial charge < -0.3 is 33.8 Å². The van der Waals surface area contributed by atoms with Crippen LogP contribution in [-0.2, 0) is 0 Å². The Balaban J connectivity index is -0.000000563. The molecule has 0 saturated heterocycles. The van der Waals surface area contributed by atoms with Crippen molar-refractivity contribution >= 4 is 24.8 Å². The van der Waals surface area contributed by atoms with Crippen molar-refractivity contribution < 1.29 is 21.5 Å². The van der Waals surface area contributed by atoms with Crippen LogP contribution in [0.3, 0.4) is 0 Å². The quantitative estimate of drug-likeness (QED) is 0.465. The van der Waals surface area contributed by atoms with Crippen LogP contribution >= 0.6 is 24.8 Å². The van der Waals surface area contributed by atoms with Gasteiger partial charge >= 0.3 is 0 Å². The van der Waals surface area contributed by atoms with Gasteiger partial charge in [-0.2, -0.15) is 0 Å². The van der Waals surface area contributed by atoms with Gasteiger partial charge in [-0.3, -0.25) is 4.48 Å². The molecular formula is C9H23BrCl2N4. The second kappa shape index (κ2) is 12.0. The number of halogens is 3. The van der Waals surface area contributed by atoms with Gasteiger partial charge in [-0.25, -0.2) is 0 Å². The number of hydrogen-bond donors (Lipinski definition) is 3. The third-order valence-electron chi connectivity index (χ3n) is 2.53. The molecule has 0 atom stereocenters. The standard InChI is InChI=1S/C9H21N4.BrH.2ClH/c10-3-1-6-13(7-2-4-11)8-5-12-9-13;;;/h5,8,12H,1-4,6-7,9-11H2;3*1H/q+1;;;/p-1. The second-order valence-corrected chi connectivity index (χ2v) is 3.63. The molecule has 0 saturated carbocycles. The minimum absolute atomic E-state index is 0. The molecule has 0 aromatic rings. The first kappa shape index (κ1) is 21.7. The summed E-state index contributed by atoms with van der Waals surface area (Å²) in [6.07, 6.45) is 6.42. The summed E-state index contributed by atoms with van der Waals surface area (Å²) in [7, 11) is 0. The molecule has 0 aromatic heterocycles. The molecule has 1 rings (SSSR count). The van der Waals surface area contributed by atoms with Gasteiger partial charge in [-0.1, -0.05) is 0 Å². The molecule has 16 heavy (non-hydrogen) atoms. The Morgan fingerprint density at radius 3 is 1.88 bits per heavy atom. The van der Waals surface area contributed by atoms with E-state index in [0.29, 0.717) is 0 Å². The van der Waals surface area contributed by atoms with E-state index in [1.807, 2.05) is 6.20 Å². The first-order valence-electron chi connectivity index (χ1n) is 5.00. The van der Waals surface area contributed by atoms with Crippen LogP contribution in [0.5, 0.6) is 0 Å². The average Bonchev–Trinajstić information content (AvgIpc) is 2.61. The van der Waals surface area contributed by atoms with Crippen molar-refractivity contribution in [3.8, 4) is 0 Å². The molecule has 0 aromatic carbocycles. The van der Waals surface area contributed by atoms with Gasteiger partial charge in [0, 0.05) is 12.8 Å². The molecule has 0 fully saturated rings. The number of nitrogens with two attached hydrogens (primary N) is 2. The van der Waals surface area contributed by atoms with Crippen LogP contribution in [-0.4, -0.2) is 37.3 Å². The summed E-state index contributed by atoms with van der Waals surface area (Å²) >= 11 is 0. The summed E-state index contributed by atoms with van der Waals surface area (Å²) in [5, 5.41) is 3.24. The van der Waals surface area contributed by atoms with Crippen LogP contribution < -0.4 is 33.8 Å². The first-order chi connectivity index (χ1) is 6.33. The number of nitrogens with one attached hydrogen (secondary N) is 1. The second-order valence-electron chi connectivity index (χ2n) is 3.63. The molecule has 0 spiro atoms. The normalized spacial score (nSPS) is 15.4. The highest BCUT2D eigenvalue weighted by Crippen LogP contribution is 2.13. The van der Waals surface area contributed by atoms with Crippen molar-refractivity contribution in [1.82, 2.24) is 5.32 Å². The molecule has 4 nitrogen and oxygen atoms in total. The highest BCUT2D eigenvalue weighted by molar-refractivity contribution is 5.85. The number of nitrogens with zero attached hydrogens (tertiary/aromatic N) is 1. The smallest absolute Gasteiger partial charge is 0.156 e. The highest BCUT2D eigenvalue weighted by atomic mass is 79.9. The Labute approximate surface area is 121 Å². The van der Waals surface area contributed by atoms with E-state index in [4.69, 9.17) is 11.5 Å². The third-order valence-corrected chi connectivity index (χ3v) is 2.53. The maximum Gasteiger partial charge on any atom is 0.156 e. The molecule has 5 N–H and O–H groups in total. The Morgan fingerprint density at radius 2 is 1.56 bits per heavy atom. The molecule has 0 aliphatic carbocycles. The average molecular weight is 338 g/mol. The summed E-state index contributed by atoms with van der Waals surface area (Å²) in [4.78, 5) is 0. The lowest BCUT2D eigenvalue weighted by Gasteiger charge is -2.30. The Bertz CT molecular complexity index is 173. The predicted molar refractivity (Wildman–Crippen MR) is 69.0 cm³/mol. The van der Waals surface area contributed by atoms with E-state index < -0.39 is 0 Å². The fourth-order valence-electron chi connectivity index (χ4n) is 1.73. The minimum Gasteiger partial charge on any atom is -1.00 e. The van der Waals surface area contributed by atoms with Crippen molar-refractivity contribution in [2.24, 2.45) is 11.5 Å². The van der Waals surface area contributed by atoms with E-state index >= 15 is 0 Å². The van der Waals surface area contributed by atoms with E-state index in [2.05, 4.69) is 11.5 Å². The minimum atomic E-state index is 0. The Morgan fingerprint density at radius 1 is 1.06 bits per heavy atom. The van der Waals surface area contributed by atoms with Crippen molar-refractivity contribution in [2.45, 2.75) is 12.8 Å². The van der Waals surface area contributed by atoms with Gasteiger partial charge in [0.2, 0.25) is 0 Å². The highest BCUT2D eigenvalue weighted by Gasteiger charge is 2.26. The zero-order valence-electron chi connectivity index (χ0n) is 9.40. The topological polar surface area (TPSA) is 64.1 Å². The van der Waals surface area contributed by atoms with Gasteiger partial charge in [0.05, 0.1) is 19.3 Å². The number of quaternary nitrogens is 1. The van der Waals surface area contributed by atoms with Gasteiger partial charge in [0.1, 0.15) is 6.20 Å². The van der Waals surface area contributed by atoms with Crippen molar-refractivity contribution in [3.63, 3.8) is 0 Å². The fourth-order valence-corrected chi connectivity index (χ4v) is 1.73. The van der Waals surface area contributed by atoms with Gasteiger partial charge in [-0.15, -0.1) is 24.8 Å². The fraction of sp³-hybridized carbons (Fsp3) is 0.778. The molecule has 1 aliphatic heterocycles. The summed E-state index contributed by atoms with van der Waals surface area (Å²) in [6.45, 7) is 4.80. The molecule has 0 amide bonds. The number of hydrogen-bond acceptors (Lipinski definition) is 3. The lowest BCUT2D eigenvalue weighted by Crippen LogP contribution is -3.00. The molecule has 0 radical (unpaired) electrons. The van der Waals surface area contributed by atoms with Crippen molar-refractivity contribution in [1.29, 1.82) is 0 Å². The van der Waals surface area contributed by atoms with E-state index in [1.54, 1.807) is 0 Å². The molecular weight excluding hydrogens is 315 g/mol. The van der Waals surface area contributed by atoms with Gasteiger partial charge in [0.15, 0.2) is 6.67 Å². The third kappa shape index (κ3) is 6.93. The monoisotopic (exact) mass is 336 g/mol. The van der Waals surface area contributed by atoms with Crippen LogP contribution in [0.25, 0.3) is 0 Å². The van der Waals surface area contributed by atoms with Crippen LogP contribution in [0, 0.1) is 0 Å². The maximum atomic E-state index is 5.51. The Kier molecular flexibility index (Phi) is 16.2. The molecule has 100 valence electrons. The molecule has 7 heteroatoms. The summed E-state index contributed by atoms with van der Waals surface area (Å²) in [6, 6.07) is 0. The van der Waals surface area contributed by atoms with E-state index in [0.717, 1.165) is 50.2 Å². The van der Waals surface area contributed by atoms with Crippen LogP contribution in [0.15, 0.2) is 12.4 Å².